The number of aryl methyl sites for hydroxylation is 1. The first-order valence-electron chi connectivity index (χ1n) is 6.25. The maximum Gasteiger partial charge on any atom is 0.137 e. The molecular formula is C15H15FN2O. The zero-order valence-electron chi connectivity index (χ0n) is 11.2. The fourth-order valence-electron chi connectivity index (χ4n) is 2.20. The molecule has 2 rings (SSSR count). The van der Waals surface area contributed by atoms with Crippen LogP contribution in [0.3, 0.4) is 0 Å². The first-order chi connectivity index (χ1) is 9.10. The summed E-state index contributed by atoms with van der Waals surface area (Å²) in [6.45, 7) is 5.90. The molecule has 1 atom stereocenters. The van der Waals surface area contributed by atoms with Gasteiger partial charge in [0, 0.05) is 5.56 Å². The molecule has 0 saturated carbocycles. The highest BCUT2D eigenvalue weighted by Gasteiger charge is 2.23. The van der Waals surface area contributed by atoms with Crippen molar-refractivity contribution in [3.63, 3.8) is 0 Å². The van der Waals surface area contributed by atoms with Gasteiger partial charge in [-0.25, -0.2) is 4.39 Å². The minimum atomic E-state index is -0.447. The maximum atomic E-state index is 14.0. The van der Waals surface area contributed by atoms with E-state index in [0.717, 1.165) is 12.0 Å². The van der Waals surface area contributed by atoms with Crippen LogP contribution in [0.15, 0.2) is 22.7 Å². The zero-order valence-corrected chi connectivity index (χ0v) is 11.2. The van der Waals surface area contributed by atoms with E-state index in [1.165, 1.54) is 12.1 Å². The van der Waals surface area contributed by atoms with E-state index in [9.17, 15) is 4.39 Å². The molecule has 1 aromatic heterocycles. The molecule has 0 radical (unpaired) electrons. The molecule has 1 unspecified atom stereocenters. The van der Waals surface area contributed by atoms with Crippen LogP contribution >= 0.6 is 0 Å². The number of aromatic nitrogens is 1. The lowest BCUT2D eigenvalue weighted by molar-refractivity contribution is 0.396. The van der Waals surface area contributed by atoms with Crippen LogP contribution in [0.4, 0.5) is 4.39 Å². The summed E-state index contributed by atoms with van der Waals surface area (Å²) in [6, 6.07) is 6.45. The topological polar surface area (TPSA) is 49.8 Å². The van der Waals surface area contributed by atoms with Crippen molar-refractivity contribution in [3.05, 3.63) is 40.9 Å². The first-order valence-corrected chi connectivity index (χ1v) is 6.25. The Morgan fingerprint density at radius 1 is 1.47 bits per heavy atom. The Bertz CT molecular complexity index is 640. The van der Waals surface area contributed by atoms with Gasteiger partial charge in [0.1, 0.15) is 17.3 Å². The SMILES string of the molecule is CCC(C)c1c(-c2c(F)cccc2C#N)noc1C. The second-order valence-electron chi connectivity index (χ2n) is 4.58. The number of nitrogens with zero attached hydrogens (tertiary/aromatic N) is 2. The van der Waals surface area contributed by atoms with Gasteiger partial charge in [0.25, 0.3) is 0 Å². The van der Waals surface area contributed by atoms with Crippen molar-refractivity contribution in [2.24, 2.45) is 0 Å². The van der Waals surface area contributed by atoms with Crippen molar-refractivity contribution in [2.45, 2.75) is 33.1 Å². The number of rotatable bonds is 3. The summed E-state index contributed by atoms with van der Waals surface area (Å²) in [6.07, 6.45) is 0.894. The highest BCUT2D eigenvalue weighted by molar-refractivity contribution is 5.71. The molecule has 1 aromatic carbocycles. The second kappa shape index (κ2) is 5.23. The third-order valence-corrected chi connectivity index (χ3v) is 3.38. The minimum absolute atomic E-state index is 0.201. The van der Waals surface area contributed by atoms with Gasteiger partial charge >= 0.3 is 0 Å². The van der Waals surface area contributed by atoms with Gasteiger partial charge in [-0.15, -0.1) is 0 Å². The summed E-state index contributed by atoms with van der Waals surface area (Å²) in [4.78, 5) is 0. The van der Waals surface area contributed by atoms with Gasteiger partial charge < -0.3 is 4.52 Å². The molecule has 0 N–H and O–H groups in total. The van der Waals surface area contributed by atoms with Gasteiger partial charge in [-0.05, 0) is 31.4 Å². The number of hydrogen-bond acceptors (Lipinski definition) is 3. The smallest absolute Gasteiger partial charge is 0.137 e. The Balaban J connectivity index is 2.71. The molecule has 19 heavy (non-hydrogen) atoms. The lowest BCUT2D eigenvalue weighted by atomic mass is 9.92. The molecule has 0 fully saturated rings. The third-order valence-electron chi connectivity index (χ3n) is 3.38. The van der Waals surface area contributed by atoms with E-state index >= 15 is 0 Å². The van der Waals surface area contributed by atoms with Gasteiger partial charge in [-0.1, -0.05) is 25.1 Å². The summed E-state index contributed by atoms with van der Waals surface area (Å²) in [5, 5.41) is 13.1. The summed E-state index contributed by atoms with van der Waals surface area (Å²) < 4.78 is 19.2. The molecule has 4 heteroatoms. The molecular weight excluding hydrogens is 243 g/mol. The van der Waals surface area contributed by atoms with Crippen molar-refractivity contribution in [1.82, 2.24) is 5.16 Å². The standard InChI is InChI=1S/C15H15FN2O/c1-4-9(2)13-10(3)19-18-15(13)14-11(8-17)6-5-7-12(14)16/h5-7,9H,4H2,1-3H3. The van der Waals surface area contributed by atoms with Crippen LogP contribution < -0.4 is 0 Å². The Kier molecular flexibility index (Phi) is 3.66. The van der Waals surface area contributed by atoms with Crippen LogP contribution in [0, 0.1) is 24.1 Å². The Morgan fingerprint density at radius 3 is 2.84 bits per heavy atom. The first kappa shape index (κ1) is 13.3. The van der Waals surface area contributed by atoms with E-state index in [-0.39, 0.29) is 17.0 Å². The Morgan fingerprint density at radius 2 is 2.21 bits per heavy atom. The van der Waals surface area contributed by atoms with E-state index in [1.54, 1.807) is 6.07 Å². The van der Waals surface area contributed by atoms with Crippen molar-refractivity contribution >= 4 is 0 Å². The van der Waals surface area contributed by atoms with Crippen LogP contribution in [0.1, 0.15) is 43.1 Å². The summed E-state index contributed by atoms with van der Waals surface area (Å²) >= 11 is 0. The van der Waals surface area contributed by atoms with E-state index < -0.39 is 5.82 Å². The van der Waals surface area contributed by atoms with Gasteiger partial charge in [-0.2, -0.15) is 5.26 Å². The molecule has 0 amide bonds. The number of benzene rings is 1. The molecule has 0 aliphatic rings. The van der Waals surface area contributed by atoms with Gasteiger partial charge in [0.05, 0.1) is 17.2 Å². The minimum Gasteiger partial charge on any atom is -0.361 e. The molecule has 1 heterocycles. The quantitative estimate of drug-likeness (QED) is 0.830. The highest BCUT2D eigenvalue weighted by Crippen LogP contribution is 2.35. The molecule has 98 valence electrons. The molecule has 0 bridgehead atoms. The maximum absolute atomic E-state index is 14.0. The zero-order chi connectivity index (χ0) is 14.0. The van der Waals surface area contributed by atoms with Gasteiger partial charge in [0.2, 0.25) is 0 Å². The van der Waals surface area contributed by atoms with E-state index in [2.05, 4.69) is 5.16 Å². The molecule has 0 saturated heterocycles. The summed E-state index contributed by atoms with van der Waals surface area (Å²) in [5.74, 6) is 0.431. The van der Waals surface area contributed by atoms with E-state index in [4.69, 9.17) is 9.78 Å². The van der Waals surface area contributed by atoms with Crippen molar-refractivity contribution in [3.8, 4) is 17.3 Å². The van der Waals surface area contributed by atoms with Crippen LogP contribution in [-0.4, -0.2) is 5.16 Å². The molecule has 0 aliphatic carbocycles. The molecule has 3 nitrogen and oxygen atoms in total. The van der Waals surface area contributed by atoms with Crippen LogP contribution in [0.25, 0.3) is 11.3 Å². The molecule has 2 aromatic rings. The largest absolute Gasteiger partial charge is 0.361 e. The average Bonchev–Trinajstić information content (AvgIpc) is 2.79. The second-order valence-corrected chi connectivity index (χ2v) is 4.58. The molecule has 0 spiro atoms. The van der Waals surface area contributed by atoms with Crippen molar-refractivity contribution in [1.29, 1.82) is 5.26 Å². The fourth-order valence-corrected chi connectivity index (χ4v) is 2.20. The van der Waals surface area contributed by atoms with Gasteiger partial charge in [0.15, 0.2) is 0 Å². The Labute approximate surface area is 111 Å². The number of nitriles is 1. The van der Waals surface area contributed by atoms with Crippen molar-refractivity contribution < 1.29 is 8.91 Å². The average molecular weight is 258 g/mol. The Hall–Kier alpha value is -2.15. The van der Waals surface area contributed by atoms with Crippen LogP contribution in [-0.2, 0) is 0 Å². The highest BCUT2D eigenvalue weighted by atomic mass is 19.1. The molecule has 0 aliphatic heterocycles. The van der Waals surface area contributed by atoms with E-state index in [0.29, 0.717) is 11.5 Å². The lowest BCUT2D eigenvalue weighted by Crippen LogP contribution is -1.98. The number of halogens is 1. The van der Waals surface area contributed by atoms with Gasteiger partial charge in [-0.3, -0.25) is 0 Å². The van der Waals surface area contributed by atoms with E-state index in [1.807, 2.05) is 26.8 Å². The van der Waals surface area contributed by atoms with Crippen LogP contribution in [0.2, 0.25) is 0 Å². The lowest BCUT2D eigenvalue weighted by Gasteiger charge is -2.10. The normalized spacial score (nSPS) is 12.2. The van der Waals surface area contributed by atoms with Crippen molar-refractivity contribution in [2.75, 3.05) is 0 Å². The number of hydrogen-bond donors (Lipinski definition) is 0. The summed E-state index contributed by atoms with van der Waals surface area (Å²) in [7, 11) is 0. The van der Waals surface area contributed by atoms with Crippen LogP contribution in [0.5, 0.6) is 0 Å². The fraction of sp³-hybridized carbons (Fsp3) is 0.333. The monoisotopic (exact) mass is 258 g/mol. The third kappa shape index (κ3) is 2.24. The predicted octanol–water partition coefficient (Wildman–Crippen LogP) is 4.17. The summed E-state index contributed by atoms with van der Waals surface area (Å²) in [5.41, 5.74) is 1.83. The predicted molar refractivity (Wildman–Crippen MR) is 70.1 cm³/mol.